The van der Waals surface area contributed by atoms with Crippen LogP contribution in [0.1, 0.15) is 35.2 Å². The SMILES string of the molecule is C[C@H]1CC(=O)Nc2c1c(NC(=O)c1cc3ccccc3oc1=O)nn2C. The molecule has 1 aliphatic rings. The van der Waals surface area contributed by atoms with Crippen LogP contribution >= 0.6 is 0 Å². The number of hydrogen-bond donors (Lipinski definition) is 2. The number of rotatable bonds is 2. The molecule has 0 aliphatic carbocycles. The zero-order valence-corrected chi connectivity index (χ0v) is 14.2. The molecule has 8 nitrogen and oxygen atoms in total. The summed E-state index contributed by atoms with van der Waals surface area (Å²) in [4.78, 5) is 36.5. The van der Waals surface area contributed by atoms with Gasteiger partial charge >= 0.3 is 5.63 Å². The van der Waals surface area contributed by atoms with Crippen molar-refractivity contribution in [3.63, 3.8) is 0 Å². The Labute approximate surface area is 147 Å². The molecule has 0 unspecified atom stereocenters. The van der Waals surface area contributed by atoms with E-state index in [2.05, 4.69) is 15.7 Å². The van der Waals surface area contributed by atoms with Gasteiger partial charge in [0.05, 0.1) is 0 Å². The first kappa shape index (κ1) is 16.1. The second kappa shape index (κ2) is 5.83. The van der Waals surface area contributed by atoms with Crippen LogP contribution in [0.5, 0.6) is 0 Å². The Hall–Kier alpha value is -3.42. The van der Waals surface area contributed by atoms with Crippen molar-refractivity contribution in [2.75, 3.05) is 10.6 Å². The molecule has 8 heteroatoms. The molecule has 3 heterocycles. The van der Waals surface area contributed by atoms with Crippen LogP contribution in [0.3, 0.4) is 0 Å². The molecule has 4 rings (SSSR count). The number of nitrogens with one attached hydrogen (secondary N) is 2. The summed E-state index contributed by atoms with van der Waals surface area (Å²) < 4.78 is 6.71. The summed E-state index contributed by atoms with van der Waals surface area (Å²) in [6, 6.07) is 8.47. The van der Waals surface area contributed by atoms with E-state index in [0.29, 0.717) is 29.0 Å². The maximum absolute atomic E-state index is 12.6. The van der Waals surface area contributed by atoms with Crippen LogP contribution in [0.2, 0.25) is 0 Å². The third-order valence-corrected chi connectivity index (χ3v) is 4.44. The first-order valence-corrected chi connectivity index (χ1v) is 8.15. The van der Waals surface area contributed by atoms with Gasteiger partial charge in [0.15, 0.2) is 5.82 Å². The van der Waals surface area contributed by atoms with Gasteiger partial charge in [-0.2, -0.15) is 5.10 Å². The highest BCUT2D eigenvalue weighted by Crippen LogP contribution is 2.37. The predicted molar refractivity (Wildman–Crippen MR) is 95.3 cm³/mol. The van der Waals surface area contributed by atoms with Crippen molar-refractivity contribution in [3.8, 4) is 0 Å². The van der Waals surface area contributed by atoms with E-state index >= 15 is 0 Å². The van der Waals surface area contributed by atoms with Gasteiger partial charge in [0.2, 0.25) is 5.91 Å². The molecule has 3 aromatic rings. The van der Waals surface area contributed by atoms with Crippen molar-refractivity contribution in [1.29, 1.82) is 0 Å². The highest BCUT2D eigenvalue weighted by atomic mass is 16.4. The molecule has 0 spiro atoms. The van der Waals surface area contributed by atoms with Gasteiger partial charge in [-0.3, -0.25) is 14.3 Å². The molecule has 0 fully saturated rings. The lowest BCUT2D eigenvalue weighted by atomic mass is 9.95. The Morgan fingerprint density at radius 3 is 2.92 bits per heavy atom. The molecule has 0 radical (unpaired) electrons. The summed E-state index contributed by atoms with van der Waals surface area (Å²) in [5.41, 5.74) is 0.342. The van der Waals surface area contributed by atoms with Crippen molar-refractivity contribution in [2.45, 2.75) is 19.3 Å². The van der Waals surface area contributed by atoms with E-state index in [9.17, 15) is 14.4 Å². The lowest BCUT2D eigenvalue weighted by Gasteiger charge is -2.20. The van der Waals surface area contributed by atoms with Crippen molar-refractivity contribution in [3.05, 3.63) is 51.9 Å². The zero-order chi connectivity index (χ0) is 18.4. The van der Waals surface area contributed by atoms with Gasteiger partial charge in [-0.25, -0.2) is 4.79 Å². The largest absolute Gasteiger partial charge is 0.422 e. The number of aromatic nitrogens is 2. The third-order valence-electron chi connectivity index (χ3n) is 4.44. The topological polar surface area (TPSA) is 106 Å². The minimum Gasteiger partial charge on any atom is -0.422 e. The molecule has 1 atom stereocenters. The van der Waals surface area contributed by atoms with E-state index in [4.69, 9.17) is 4.42 Å². The maximum Gasteiger partial charge on any atom is 0.349 e. The van der Waals surface area contributed by atoms with Gasteiger partial charge in [0.1, 0.15) is 17.0 Å². The van der Waals surface area contributed by atoms with E-state index < -0.39 is 11.5 Å². The number of para-hydroxylation sites is 1. The van der Waals surface area contributed by atoms with Gasteiger partial charge in [0, 0.05) is 24.4 Å². The van der Waals surface area contributed by atoms with Crippen LogP contribution in [-0.2, 0) is 11.8 Å². The van der Waals surface area contributed by atoms with E-state index in [1.54, 1.807) is 31.3 Å². The molecule has 2 aromatic heterocycles. The van der Waals surface area contributed by atoms with E-state index in [0.717, 1.165) is 5.56 Å². The monoisotopic (exact) mass is 352 g/mol. The van der Waals surface area contributed by atoms with E-state index in [-0.39, 0.29) is 17.4 Å². The van der Waals surface area contributed by atoms with Crippen molar-refractivity contribution in [1.82, 2.24) is 9.78 Å². The summed E-state index contributed by atoms with van der Waals surface area (Å²) in [6.07, 6.45) is 0.305. The minimum atomic E-state index is -0.715. The normalized spacial score (nSPS) is 16.2. The van der Waals surface area contributed by atoms with Crippen molar-refractivity contribution >= 4 is 34.4 Å². The summed E-state index contributed by atoms with van der Waals surface area (Å²) in [5.74, 6) is 0.0773. The molecule has 2 amide bonds. The van der Waals surface area contributed by atoms with Crippen molar-refractivity contribution < 1.29 is 14.0 Å². The van der Waals surface area contributed by atoms with E-state index in [1.165, 1.54) is 10.7 Å². The van der Waals surface area contributed by atoms with Gasteiger partial charge in [-0.1, -0.05) is 25.1 Å². The van der Waals surface area contributed by atoms with Crippen molar-refractivity contribution in [2.24, 2.45) is 7.05 Å². The number of carbonyl (C=O) groups is 2. The van der Waals surface area contributed by atoms with Crippen LogP contribution < -0.4 is 16.3 Å². The molecule has 26 heavy (non-hydrogen) atoms. The zero-order valence-electron chi connectivity index (χ0n) is 14.2. The summed E-state index contributed by atoms with van der Waals surface area (Å²) >= 11 is 0. The summed E-state index contributed by atoms with van der Waals surface area (Å²) in [7, 11) is 1.68. The van der Waals surface area contributed by atoms with Crippen LogP contribution in [0, 0.1) is 0 Å². The molecule has 0 saturated carbocycles. The minimum absolute atomic E-state index is 0.0962. The highest BCUT2D eigenvalue weighted by Gasteiger charge is 2.30. The molecule has 2 N–H and O–H groups in total. The average molecular weight is 352 g/mol. The van der Waals surface area contributed by atoms with E-state index in [1.807, 2.05) is 6.92 Å². The van der Waals surface area contributed by atoms with Crippen LogP contribution in [0.25, 0.3) is 11.0 Å². The number of nitrogens with zero attached hydrogens (tertiary/aromatic N) is 2. The molecule has 1 aliphatic heterocycles. The Kier molecular flexibility index (Phi) is 3.61. The van der Waals surface area contributed by atoms with Gasteiger partial charge in [0.25, 0.3) is 5.91 Å². The standard InChI is InChI=1S/C18H16N4O4/c1-9-7-13(23)19-16-14(9)15(21-22(16)2)20-17(24)11-8-10-5-3-4-6-12(10)26-18(11)25/h3-6,8-9H,7H2,1-2H3,(H,19,23)(H,20,21,24)/t9-/m0/s1. The smallest absolute Gasteiger partial charge is 0.349 e. The molecule has 0 saturated heterocycles. The molecule has 1 aromatic carbocycles. The first-order valence-electron chi connectivity index (χ1n) is 8.15. The number of amides is 2. The number of hydrogen-bond acceptors (Lipinski definition) is 5. The Balaban J connectivity index is 1.72. The Morgan fingerprint density at radius 1 is 1.35 bits per heavy atom. The molecular weight excluding hydrogens is 336 g/mol. The van der Waals surface area contributed by atoms with Crippen LogP contribution in [0.4, 0.5) is 11.6 Å². The number of anilines is 2. The fourth-order valence-corrected chi connectivity index (χ4v) is 3.21. The highest BCUT2D eigenvalue weighted by molar-refractivity contribution is 6.06. The van der Waals surface area contributed by atoms with Gasteiger partial charge in [-0.15, -0.1) is 0 Å². The van der Waals surface area contributed by atoms with Crippen LogP contribution in [0.15, 0.2) is 39.5 Å². The second-order valence-corrected chi connectivity index (χ2v) is 6.33. The van der Waals surface area contributed by atoms with Gasteiger partial charge in [-0.05, 0) is 18.1 Å². The maximum atomic E-state index is 12.6. The predicted octanol–water partition coefficient (Wildman–Crippen LogP) is 2.22. The number of fused-ring (bicyclic) bond motifs is 2. The quantitative estimate of drug-likeness (QED) is 0.688. The molecular formula is C18H16N4O4. The number of aryl methyl sites for hydroxylation is 1. The third kappa shape index (κ3) is 2.55. The lowest BCUT2D eigenvalue weighted by Crippen LogP contribution is -2.24. The Bertz CT molecular complexity index is 1110. The molecule has 0 bridgehead atoms. The second-order valence-electron chi connectivity index (χ2n) is 6.33. The number of benzene rings is 1. The molecule has 132 valence electrons. The first-order chi connectivity index (χ1) is 12.4. The van der Waals surface area contributed by atoms with Gasteiger partial charge < -0.3 is 15.1 Å². The lowest BCUT2D eigenvalue weighted by molar-refractivity contribution is -0.116. The fraction of sp³-hybridized carbons (Fsp3) is 0.222. The summed E-state index contributed by atoms with van der Waals surface area (Å²) in [6.45, 7) is 1.89. The van der Waals surface area contributed by atoms with Crippen LogP contribution in [-0.4, -0.2) is 21.6 Å². The fourth-order valence-electron chi connectivity index (χ4n) is 3.21. The Morgan fingerprint density at radius 2 is 2.12 bits per heavy atom. The number of carbonyl (C=O) groups excluding carboxylic acids is 2. The summed E-state index contributed by atoms with van der Waals surface area (Å²) in [5, 5.41) is 10.4. The average Bonchev–Trinajstić information content (AvgIpc) is 2.90.